The summed E-state index contributed by atoms with van der Waals surface area (Å²) in [5, 5.41) is 39.8. The van der Waals surface area contributed by atoms with E-state index < -0.39 is 0 Å². The van der Waals surface area contributed by atoms with Crippen molar-refractivity contribution in [2.45, 2.75) is 69.6 Å². The molecule has 0 atom stereocenters. The first kappa shape index (κ1) is 52.1. The molecule has 0 aliphatic carbocycles. The maximum atomic E-state index is 14.4. The van der Waals surface area contributed by atoms with E-state index in [0.717, 1.165) is 132 Å². The Morgan fingerprint density at radius 2 is 0.863 bits per heavy atom. The second-order valence-corrected chi connectivity index (χ2v) is 24.8. The fourth-order valence-electron chi connectivity index (χ4n) is 11.7. The topological polar surface area (TPSA) is 152 Å². The van der Waals surface area contributed by atoms with Gasteiger partial charge in [-0.1, -0.05) is 25.1 Å². The quantitative estimate of drug-likeness (QED) is 0.141. The molecule has 3 aliphatic rings. The van der Waals surface area contributed by atoms with Crippen LogP contribution in [-0.2, 0) is 27.6 Å². The molecule has 12 aromatic rings. The number of halogens is 1. The van der Waals surface area contributed by atoms with Gasteiger partial charge in [-0.2, -0.15) is 20.6 Å². The van der Waals surface area contributed by atoms with Crippen molar-refractivity contribution >= 4 is 97.4 Å². The first-order valence-corrected chi connectivity index (χ1v) is 30.4. The Kier molecular flexibility index (Phi) is 14.5. The van der Waals surface area contributed by atoms with Crippen LogP contribution in [0.3, 0.4) is 0 Å². The summed E-state index contributed by atoms with van der Waals surface area (Å²) in [5.41, 5.74) is 14.1. The summed E-state index contributed by atoms with van der Waals surface area (Å²) >= 11 is 5.46. The molecule has 80 heavy (non-hydrogen) atoms. The monoisotopic (exact) mass is 1120 g/mol. The van der Waals surface area contributed by atoms with Gasteiger partial charge < -0.3 is 16.0 Å². The zero-order valence-corrected chi connectivity index (χ0v) is 47.8. The van der Waals surface area contributed by atoms with Gasteiger partial charge in [0.05, 0.1) is 56.8 Å². The molecule has 0 bridgehead atoms. The van der Waals surface area contributed by atoms with E-state index in [2.05, 4.69) is 117 Å². The minimum Gasteiger partial charge on any atom is -0.317 e. The number of nitrogens with zero attached hydrogens (tertiary/aromatic N) is 10. The number of nitriles is 1. The highest BCUT2D eigenvalue weighted by Gasteiger charge is 2.23. The van der Waals surface area contributed by atoms with Crippen molar-refractivity contribution in [2.24, 2.45) is 21.1 Å². The van der Waals surface area contributed by atoms with Gasteiger partial charge in [0.15, 0.2) is 5.82 Å². The summed E-state index contributed by atoms with van der Waals surface area (Å²) in [7, 11) is 5.68. The van der Waals surface area contributed by atoms with Gasteiger partial charge in [-0.3, -0.25) is 14.0 Å². The molecule has 0 amide bonds. The minimum absolute atomic E-state index is 0.280. The number of thiazole rings is 3. The summed E-state index contributed by atoms with van der Waals surface area (Å²) in [4.78, 5) is 14.7. The summed E-state index contributed by atoms with van der Waals surface area (Å²) in [6.07, 6.45) is 13.9. The second-order valence-electron chi connectivity index (χ2n) is 21.6. The van der Waals surface area contributed by atoms with E-state index in [-0.39, 0.29) is 5.82 Å². The van der Waals surface area contributed by atoms with Crippen molar-refractivity contribution in [3.8, 4) is 39.4 Å². The maximum Gasteiger partial charge on any atom is 0.151 e. The van der Waals surface area contributed by atoms with Gasteiger partial charge in [-0.25, -0.2) is 19.3 Å². The number of aryl methyl sites for hydroxylation is 4. The van der Waals surface area contributed by atoms with Crippen molar-refractivity contribution in [3.05, 3.63) is 142 Å². The minimum atomic E-state index is -0.280. The fraction of sp³-hybridized carbons (Fsp3) is 0.317. The molecule has 3 N–H and O–H groups in total. The van der Waals surface area contributed by atoms with Crippen molar-refractivity contribution in [1.82, 2.24) is 60.2 Å². The molecule has 0 radical (unpaired) electrons. The number of rotatable bonds is 7. The number of hydrogen-bond acceptors (Lipinski definition) is 13. The molecule has 3 fully saturated rings. The predicted octanol–water partition coefficient (Wildman–Crippen LogP) is 13.5. The van der Waals surface area contributed by atoms with Crippen LogP contribution in [0.2, 0.25) is 0 Å². The number of nitrogens with one attached hydrogen (secondary N) is 3. The third-order valence-corrected chi connectivity index (χ3v) is 19.5. The largest absolute Gasteiger partial charge is 0.317 e. The molecular weight excluding hydrogens is 1050 g/mol. The third-order valence-electron chi connectivity index (χ3n) is 16.0. The summed E-state index contributed by atoms with van der Waals surface area (Å²) < 4.78 is 23.4. The van der Waals surface area contributed by atoms with Crippen LogP contribution < -0.4 is 16.0 Å². The molecule has 404 valence electrons. The molecule has 3 saturated heterocycles. The normalized spacial score (nSPS) is 15.7. The van der Waals surface area contributed by atoms with E-state index in [1.165, 1.54) is 64.0 Å². The Hall–Kier alpha value is -7.30. The van der Waals surface area contributed by atoms with Crippen molar-refractivity contribution in [1.29, 1.82) is 5.26 Å². The summed E-state index contributed by atoms with van der Waals surface area (Å²) in [6.45, 7) is 8.70. The van der Waals surface area contributed by atoms with Crippen LogP contribution in [0.15, 0.2) is 110 Å². The van der Waals surface area contributed by atoms with Crippen LogP contribution in [-0.4, -0.2) is 83.6 Å². The van der Waals surface area contributed by atoms with Crippen LogP contribution in [0.25, 0.3) is 96.7 Å². The average molecular weight is 1120 g/mol. The molecule has 17 heteroatoms. The third kappa shape index (κ3) is 10.6. The molecule has 6 aromatic heterocycles. The van der Waals surface area contributed by atoms with Gasteiger partial charge in [0.1, 0.15) is 17.1 Å². The molecule has 13 nitrogen and oxygen atoms in total. The number of benzene rings is 6. The molecular formula is C63H62FN13S3. The lowest BCUT2D eigenvalue weighted by atomic mass is 9.99. The van der Waals surface area contributed by atoms with E-state index in [1.807, 2.05) is 79.1 Å². The first-order valence-electron chi connectivity index (χ1n) is 27.9. The number of piperidine rings is 3. The van der Waals surface area contributed by atoms with Gasteiger partial charge >= 0.3 is 0 Å². The molecule has 6 aromatic carbocycles. The maximum absolute atomic E-state index is 14.4. The van der Waals surface area contributed by atoms with Crippen molar-refractivity contribution < 1.29 is 4.39 Å². The Bertz CT molecular complexity index is 4290. The average Bonchev–Trinajstić information content (AvgIpc) is 4.38. The number of aromatic nitrogens is 9. The standard InChI is InChI=1S/C22H24N4S.C21H19N5S.C20H19FN4S/c1-3-14-10-17(11-18-13-26(2)25-21(14)18)16-4-5-19-20(12-16)27-22(24-19)15-6-8-23-9-7-15;1-26-12-17-9-15(8-16(11-22)20(17)25-26)14-2-3-18-19(10-14)27-21(24-18)13-4-6-23-7-5-13;1-25-11-15-8-14(9-16(21)19(15)24-25)13-2-3-17-18(10-13)26-20(23-17)12-4-6-22-7-5-12/h4-5,10-13,15,23H,3,6-9H2,1-2H3;2-3,8-10,12-13,23H,4-7H2,1H3;2-3,8-12,22H,4-7H2,1H3. The zero-order chi connectivity index (χ0) is 54.4. The van der Waals surface area contributed by atoms with Gasteiger partial charge in [-0.05, 0) is 196 Å². The second kappa shape index (κ2) is 22.3. The highest BCUT2D eigenvalue weighted by atomic mass is 32.1. The van der Waals surface area contributed by atoms with E-state index >= 15 is 0 Å². The van der Waals surface area contributed by atoms with Crippen molar-refractivity contribution in [3.63, 3.8) is 0 Å². The predicted molar refractivity (Wildman–Crippen MR) is 327 cm³/mol. The Balaban J connectivity index is 0.000000113. The van der Waals surface area contributed by atoms with Gasteiger partial charge in [0.25, 0.3) is 0 Å². The van der Waals surface area contributed by atoms with E-state index in [1.54, 1.807) is 26.8 Å². The van der Waals surface area contributed by atoms with Crippen LogP contribution in [0.1, 0.15) is 89.4 Å². The van der Waals surface area contributed by atoms with Crippen LogP contribution in [0.4, 0.5) is 4.39 Å². The SMILES string of the molecule is CCc1cc(-c2ccc3nc(C4CCNCC4)sc3c2)cc2cn(C)nc12.Cn1cc2cc(-c3ccc4nc(C5CCNCC5)sc4c3)cc(C#N)c2n1.Cn1cc2cc(-c3ccc4nc(C5CCNCC5)sc4c3)cc(F)c2n1. The highest BCUT2D eigenvalue weighted by Crippen LogP contribution is 2.39. The fourth-order valence-corrected chi connectivity index (χ4v) is 15.3. The molecule has 9 heterocycles. The Morgan fingerprint density at radius 1 is 0.487 bits per heavy atom. The zero-order valence-electron chi connectivity index (χ0n) is 45.4. The molecule has 15 rings (SSSR count). The number of hydrogen-bond donors (Lipinski definition) is 3. The smallest absolute Gasteiger partial charge is 0.151 e. The summed E-state index contributed by atoms with van der Waals surface area (Å²) in [6, 6.07) is 33.8. The van der Waals surface area contributed by atoms with Crippen molar-refractivity contribution in [2.75, 3.05) is 39.3 Å². The van der Waals surface area contributed by atoms with Gasteiger partial charge in [-0.15, -0.1) is 34.0 Å². The summed E-state index contributed by atoms with van der Waals surface area (Å²) in [5.74, 6) is 1.47. The lowest BCUT2D eigenvalue weighted by Gasteiger charge is -2.20. The van der Waals surface area contributed by atoms with Crippen LogP contribution >= 0.6 is 34.0 Å². The van der Waals surface area contributed by atoms with Gasteiger partial charge in [0.2, 0.25) is 0 Å². The van der Waals surface area contributed by atoms with E-state index in [0.29, 0.717) is 28.8 Å². The van der Waals surface area contributed by atoms with Crippen LogP contribution in [0.5, 0.6) is 0 Å². The Morgan fingerprint density at radius 3 is 1.29 bits per heavy atom. The van der Waals surface area contributed by atoms with Gasteiger partial charge in [0, 0.05) is 73.6 Å². The lowest BCUT2D eigenvalue weighted by molar-refractivity contribution is 0.459. The Labute approximate surface area is 475 Å². The lowest BCUT2D eigenvalue weighted by Crippen LogP contribution is -2.26. The van der Waals surface area contributed by atoms with E-state index in [9.17, 15) is 9.65 Å². The first-order chi connectivity index (χ1) is 39.1. The number of fused-ring (bicyclic) bond motifs is 6. The molecule has 0 unspecified atom stereocenters. The molecule has 0 spiro atoms. The highest BCUT2D eigenvalue weighted by molar-refractivity contribution is 7.19. The molecule has 3 aliphatic heterocycles. The van der Waals surface area contributed by atoms with E-state index in [4.69, 9.17) is 15.0 Å². The molecule has 0 saturated carbocycles. The van der Waals surface area contributed by atoms with Crippen LogP contribution in [0, 0.1) is 17.1 Å².